The highest BCUT2D eigenvalue weighted by atomic mass is 16.7. The summed E-state index contributed by atoms with van der Waals surface area (Å²) in [6, 6.07) is 6.44. The summed E-state index contributed by atoms with van der Waals surface area (Å²) in [4.78, 5) is 12.9. The van der Waals surface area contributed by atoms with Crippen LogP contribution in [0, 0.1) is 6.92 Å². The van der Waals surface area contributed by atoms with E-state index in [-0.39, 0.29) is 18.9 Å². The summed E-state index contributed by atoms with van der Waals surface area (Å²) in [6.07, 6.45) is 4.78. The molecule has 1 heterocycles. The Morgan fingerprint density at radius 2 is 1.51 bits per heavy atom. The van der Waals surface area contributed by atoms with Gasteiger partial charge in [-0.2, -0.15) is 0 Å². The number of carbonyl (C=O) groups is 1. The van der Waals surface area contributed by atoms with E-state index in [1.165, 1.54) is 51.4 Å². The SMILES string of the molecule is CCCCCCCCCCCCCCC(O)C(O)C(COC1OC(CO)C(O)C(O)C1O)NC(=O)Cc1cccc(C)c1. The fourth-order valence-electron chi connectivity index (χ4n) is 5.53. The minimum Gasteiger partial charge on any atom is -0.394 e. The van der Waals surface area contributed by atoms with Crippen LogP contribution < -0.4 is 5.32 Å². The molecule has 2 rings (SSSR count). The van der Waals surface area contributed by atoms with Gasteiger partial charge in [0.2, 0.25) is 5.91 Å². The van der Waals surface area contributed by atoms with Gasteiger partial charge in [-0.1, -0.05) is 114 Å². The lowest BCUT2D eigenvalue weighted by Gasteiger charge is -2.40. The zero-order valence-electron chi connectivity index (χ0n) is 26.1. The highest BCUT2D eigenvalue weighted by Crippen LogP contribution is 2.23. The fraction of sp³-hybridized carbons (Fsp3) is 0.788. The molecule has 8 atom stereocenters. The molecule has 0 saturated carbocycles. The first kappa shape index (κ1) is 37.6. The Kier molecular flexibility index (Phi) is 18.5. The van der Waals surface area contributed by atoms with Gasteiger partial charge in [-0.15, -0.1) is 0 Å². The van der Waals surface area contributed by atoms with Crippen molar-refractivity contribution >= 4 is 5.91 Å². The van der Waals surface area contributed by atoms with E-state index in [1.54, 1.807) is 0 Å². The van der Waals surface area contributed by atoms with E-state index in [4.69, 9.17) is 9.47 Å². The second kappa shape index (κ2) is 21.2. The molecular weight excluding hydrogens is 554 g/mol. The van der Waals surface area contributed by atoms with Crippen LogP contribution in [0.5, 0.6) is 0 Å². The lowest BCUT2D eigenvalue weighted by molar-refractivity contribution is -0.303. The number of hydrogen-bond donors (Lipinski definition) is 7. The molecule has 0 aliphatic carbocycles. The van der Waals surface area contributed by atoms with Gasteiger partial charge in [-0.3, -0.25) is 4.79 Å². The number of benzene rings is 1. The zero-order valence-corrected chi connectivity index (χ0v) is 26.1. The van der Waals surface area contributed by atoms with Gasteiger partial charge in [-0.05, 0) is 18.9 Å². The van der Waals surface area contributed by atoms with Crippen LogP contribution in [0.2, 0.25) is 0 Å². The number of amides is 1. The molecule has 10 nitrogen and oxygen atoms in total. The van der Waals surface area contributed by atoms with Crippen LogP contribution in [0.15, 0.2) is 24.3 Å². The number of rotatable bonds is 22. The van der Waals surface area contributed by atoms with E-state index in [2.05, 4.69) is 12.2 Å². The van der Waals surface area contributed by atoms with Crippen LogP contribution in [0.1, 0.15) is 102 Å². The maximum atomic E-state index is 12.9. The van der Waals surface area contributed by atoms with E-state index in [0.29, 0.717) is 6.42 Å². The molecule has 1 aromatic rings. The predicted octanol–water partition coefficient (Wildman–Crippen LogP) is 2.65. The van der Waals surface area contributed by atoms with Crippen LogP contribution >= 0.6 is 0 Å². The van der Waals surface area contributed by atoms with Crippen molar-refractivity contribution in [3.8, 4) is 0 Å². The van der Waals surface area contributed by atoms with Crippen molar-refractivity contribution in [2.45, 2.75) is 153 Å². The molecule has 7 N–H and O–H groups in total. The smallest absolute Gasteiger partial charge is 0.224 e. The number of unbranched alkanes of at least 4 members (excludes halogenated alkanes) is 11. The van der Waals surface area contributed by atoms with Crippen molar-refractivity contribution < 1.29 is 44.9 Å². The van der Waals surface area contributed by atoms with E-state index < -0.39 is 55.6 Å². The van der Waals surface area contributed by atoms with E-state index in [9.17, 15) is 35.4 Å². The molecule has 1 amide bonds. The van der Waals surface area contributed by atoms with Gasteiger partial charge in [0.05, 0.1) is 31.8 Å². The Labute approximate surface area is 257 Å². The van der Waals surface area contributed by atoms with Gasteiger partial charge in [0.1, 0.15) is 30.5 Å². The Morgan fingerprint density at radius 3 is 2.09 bits per heavy atom. The standard InChI is InChI=1S/C33H57NO9/c1-3-4-5-6-7-8-9-10-11-12-13-14-18-26(36)29(38)25(34-28(37)20-24-17-15-16-23(2)19-24)22-42-33-32(41)31(40)30(39)27(21-35)43-33/h15-17,19,25-27,29-33,35-36,38-41H,3-14,18,20-22H2,1-2H3,(H,34,37). The molecule has 1 aliphatic heterocycles. The third kappa shape index (κ3) is 13.9. The average molecular weight is 612 g/mol. The summed E-state index contributed by atoms with van der Waals surface area (Å²) >= 11 is 0. The Morgan fingerprint density at radius 1 is 0.907 bits per heavy atom. The Hall–Kier alpha value is -1.63. The number of hydrogen-bond acceptors (Lipinski definition) is 9. The van der Waals surface area contributed by atoms with Gasteiger partial charge >= 0.3 is 0 Å². The summed E-state index contributed by atoms with van der Waals surface area (Å²) in [5.74, 6) is -0.385. The van der Waals surface area contributed by atoms with Gasteiger partial charge in [0, 0.05) is 0 Å². The van der Waals surface area contributed by atoms with Crippen molar-refractivity contribution in [1.82, 2.24) is 5.32 Å². The molecule has 248 valence electrons. The molecule has 1 saturated heterocycles. The molecule has 1 fully saturated rings. The topological polar surface area (TPSA) is 169 Å². The minimum absolute atomic E-state index is 0.0553. The van der Waals surface area contributed by atoms with Gasteiger partial charge in [-0.25, -0.2) is 0 Å². The van der Waals surface area contributed by atoms with Crippen LogP contribution in [0.3, 0.4) is 0 Å². The maximum absolute atomic E-state index is 12.9. The number of ether oxygens (including phenoxy) is 2. The van der Waals surface area contributed by atoms with E-state index in [1.807, 2.05) is 31.2 Å². The number of aliphatic hydroxyl groups excluding tert-OH is 6. The van der Waals surface area contributed by atoms with Gasteiger partial charge in [0.15, 0.2) is 6.29 Å². The largest absolute Gasteiger partial charge is 0.394 e. The quantitative estimate of drug-likeness (QED) is 0.0975. The summed E-state index contributed by atoms with van der Waals surface area (Å²) < 4.78 is 11.0. The highest BCUT2D eigenvalue weighted by molar-refractivity contribution is 5.79. The van der Waals surface area contributed by atoms with E-state index >= 15 is 0 Å². The summed E-state index contributed by atoms with van der Waals surface area (Å²) in [7, 11) is 0. The number of carbonyl (C=O) groups excluding carboxylic acids is 1. The molecule has 0 spiro atoms. The van der Waals surface area contributed by atoms with Crippen LogP contribution in [0.25, 0.3) is 0 Å². The number of aliphatic hydroxyl groups is 6. The van der Waals surface area contributed by atoms with Crippen LogP contribution in [0.4, 0.5) is 0 Å². The van der Waals surface area contributed by atoms with Gasteiger partial charge in [0.25, 0.3) is 0 Å². The summed E-state index contributed by atoms with van der Waals surface area (Å²) in [6.45, 7) is 3.20. The van der Waals surface area contributed by atoms with E-state index in [0.717, 1.165) is 36.8 Å². The minimum atomic E-state index is -1.62. The molecule has 43 heavy (non-hydrogen) atoms. The molecule has 0 radical (unpaired) electrons. The molecule has 1 aliphatic rings. The highest BCUT2D eigenvalue weighted by Gasteiger charge is 2.44. The van der Waals surface area contributed by atoms with Crippen molar-refractivity contribution in [2.75, 3.05) is 13.2 Å². The lowest BCUT2D eigenvalue weighted by atomic mass is 9.98. The molecule has 0 aromatic heterocycles. The first-order chi connectivity index (χ1) is 20.7. The first-order valence-corrected chi connectivity index (χ1v) is 16.3. The van der Waals surface area contributed by atoms with Crippen molar-refractivity contribution in [3.63, 3.8) is 0 Å². The first-order valence-electron chi connectivity index (χ1n) is 16.3. The third-order valence-corrected chi connectivity index (χ3v) is 8.24. The maximum Gasteiger partial charge on any atom is 0.224 e. The van der Waals surface area contributed by atoms with Crippen molar-refractivity contribution in [2.24, 2.45) is 0 Å². The van der Waals surface area contributed by atoms with Crippen molar-refractivity contribution in [3.05, 3.63) is 35.4 Å². The van der Waals surface area contributed by atoms with Crippen LogP contribution in [-0.4, -0.2) is 98.7 Å². The molecule has 8 unspecified atom stereocenters. The molecule has 10 heteroatoms. The monoisotopic (exact) mass is 611 g/mol. The normalized spacial score (nSPS) is 24.4. The fourth-order valence-corrected chi connectivity index (χ4v) is 5.53. The number of aryl methyl sites for hydroxylation is 1. The predicted molar refractivity (Wildman–Crippen MR) is 164 cm³/mol. The Balaban J connectivity index is 1.85. The third-order valence-electron chi connectivity index (χ3n) is 8.24. The Bertz CT molecular complexity index is 886. The van der Waals surface area contributed by atoms with Gasteiger partial charge < -0.3 is 45.4 Å². The summed E-state index contributed by atoms with van der Waals surface area (Å²) in [5, 5.41) is 64.4. The van der Waals surface area contributed by atoms with Crippen LogP contribution in [-0.2, 0) is 20.7 Å². The molecular formula is C33H57NO9. The van der Waals surface area contributed by atoms with Crippen molar-refractivity contribution in [1.29, 1.82) is 0 Å². The lowest BCUT2D eigenvalue weighted by Crippen LogP contribution is -2.60. The zero-order chi connectivity index (χ0) is 31.6. The molecule has 0 bridgehead atoms. The summed E-state index contributed by atoms with van der Waals surface area (Å²) in [5.41, 5.74) is 1.79. The average Bonchev–Trinajstić information content (AvgIpc) is 2.99. The second-order valence-corrected chi connectivity index (χ2v) is 12.1. The number of nitrogens with one attached hydrogen (secondary N) is 1. The second-order valence-electron chi connectivity index (χ2n) is 12.1. The molecule has 1 aromatic carbocycles.